The topological polar surface area (TPSA) is 69.9 Å². The summed E-state index contributed by atoms with van der Waals surface area (Å²) in [6.07, 6.45) is 2.30. The minimum Gasteiger partial charge on any atom is -0.493 e. The monoisotopic (exact) mass is 302 g/mol. The third-order valence-corrected chi connectivity index (χ3v) is 2.70. The van der Waals surface area contributed by atoms with E-state index >= 15 is 0 Å². The SMILES string of the molecule is CCCCOc1ccc(C)cc1C(C)(C)C.OP(O)O. The van der Waals surface area contributed by atoms with E-state index in [0.29, 0.717) is 0 Å². The fourth-order valence-electron chi connectivity index (χ4n) is 1.68. The molecule has 0 aliphatic carbocycles. The van der Waals surface area contributed by atoms with Gasteiger partial charge in [-0.25, -0.2) is 0 Å². The third kappa shape index (κ3) is 8.49. The molecule has 0 saturated heterocycles. The van der Waals surface area contributed by atoms with E-state index in [2.05, 4.69) is 52.8 Å². The van der Waals surface area contributed by atoms with E-state index in [4.69, 9.17) is 19.4 Å². The first-order valence-electron chi connectivity index (χ1n) is 6.79. The fraction of sp³-hybridized carbons (Fsp3) is 0.600. The van der Waals surface area contributed by atoms with Gasteiger partial charge in [-0.3, -0.25) is 0 Å². The fourth-order valence-corrected chi connectivity index (χ4v) is 1.68. The molecule has 20 heavy (non-hydrogen) atoms. The Balaban J connectivity index is 0.000000796. The lowest BCUT2D eigenvalue weighted by molar-refractivity contribution is 0.301. The third-order valence-electron chi connectivity index (χ3n) is 2.70. The van der Waals surface area contributed by atoms with Crippen molar-refractivity contribution in [3.05, 3.63) is 29.3 Å². The van der Waals surface area contributed by atoms with Crippen LogP contribution in [0.5, 0.6) is 5.75 Å². The quantitative estimate of drug-likeness (QED) is 0.586. The molecule has 0 saturated carbocycles. The highest BCUT2D eigenvalue weighted by Gasteiger charge is 2.18. The minimum atomic E-state index is -2.62. The van der Waals surface area contributed by atoms with E-state index in [-0.39, 0.29) is 5.41 Å². The van der Waals surface area contributed by atoms with Crippen LogP contribution in [0.25, 0.3) is 0 Å². The maximum absolute atomic E-state index is 7.23. The maximum atomic E-state index is 7.23. The van der Waals surface area contributed by atoms with Crippen molar-refractivity contribution in [1.29, 1.82) is 0 Å². The van der Waals surface area contributed by atoms with Crippen molar-refractivity contribution in [3.8, 4) is 5.75 Å². The summed E-state index contributed by atoms with van der Waals surface area (Å²) >= 11 is 0. The van der Waals surface area contributed by atoms with Crippen molar-refractivity contribution in [1.82, 2.24) is 0 Å². The van der Waals surface area contributed by atoms with Crippen LogP contribution in [0.15, 0.2) is 18.2 Å². The van der Waals surface area contributed by atoms with Crippen LogP contribution in [0.2, 0.25) is 0 Å². The lowest BCUT2D eigenvalue weighted by Crippen LogP contribution is -2.14. The van der Waals surface area contributed by atoms with Gasteiger partial charge in [0.1, 0.15) is 5.75 Å². The molecule has 0 aromatic heterocycles. The van der Waals surface area contributed by atoms with E-state index in [9.17, 15) is 0 Å². The average molecular weight is 302 g/mol. The highest BCUT2D eigenvalue weighted by Crippen LogP contribution is 2.32. The van der Waals surface area contributed by atoms with E-state index < -0.39 is 8.60 Å². The molecule has 1 aromatic rings. The Kier molecular flexibility index (Phi) is 8.99. The summed E-state index contributed by atoms with van der Waals surface area (Å²) in [4.78, 5) is 21.7. The molecule has 0 spiro atoms. The van der Waals surface area contributed by atoms with Crippen LogP contribution < -0.4 is 4.74 Å². The Morgan fingerprint density at radius 2 is 1.70 bits per heavy atom. The number of rotatable bonds is 4. The first-order valence-corrected chi connectivity index (χ1v) is 7.99. The minimum absolute atomic E-state index is 0.146. The predicted octanol–water partition coefficient (Wildman–Crippen LogP) is 3.66. The number of benzene rings is 1. The van der Waals surface area contributed by atoms with Crippen molar-refractivity contribution in [2.75, 3.05) is 6.61 Å². The summed E-state index contributed by atoms with van der Waals surface area (Å²) in [5.74, 6) is 1.05. The Morgan fingerprint density at radius 3 is 2.15 bits per heavy atom. The number of hydrogen-bond donors (Lipinski definition) is 3. The van der Waals surface area contributed by atoms with Crippen LogP contribution in [0.4, 0.5) is 0 Å². The molecule has 0 atom stereocenters. The lowest BCUT2D eigenvalue weighted by Gasteiger charge is -2.23. The molecule has 0 fully saturated rings. The van der Waals surface area contributed by atoms with Gasteiger partial charge in [0.25, 0.3) is 0 Å². The van der Waals surface area contributed by atoms with Crippen molar-refractivity contribution in [2.45, 2.75) is 52.9 Å². The van der Waals surface area contributed by atoms with Crippen molar-refractivity contribution < 1.29 is 19.4 Å². The molecule has 0 bridgehead atoms. The molecule has 3 N–H and O–H groups in total. The van der Waals surface area contributed by atoms with Crippen molar-refractivity contribution >= 4 is 8.60 Å². The molecule has 0 amide bonds. The first-order chi connectivity index (χ1) is 9.18. The van der Waals surface area contributed by atoms with Crippen molar-refractivity contribution in [2.24, 2.45) is 0 Å². The molecule has 1 aromatic carbocycles. The summed E-state index contributed by atoms with van der Waals surface area (Å²) < 4.78 is 5.86. The predicted molar refractivity (Wildman–Crippen MR) is 83.9 cm³/mol. The average Bonchev–Trinajstić information content (AvgIpc) is 2.29. The zero-order valence-electron chi connectivity index (χ0n) is 13.1. The second kappa shape index (κ2) is 9.30. The van der Waals surface area contributed by atoms with Gasteiger partial charge in [0.15, 0.2) is 0 Å². The second-order valence-corrected chi connectivity index (χ2v) is 6.26. The Hall–Kier alpha value is -0.670. The van der Waals surface area contributed by atoms with Crippen LogP contribution in [0, 0.1) is 6.92 Å². The highest BCUT2D eigenvalue weighted by atomic mass is 31.2. The van der Waals surface area contributed by atoms with E-state index in [0.717, 1.165) is 18.8 Å². The zero-order chi connectivity index (χ0) is 15.8. The second-order valence-electron chi connectivity index (χ2n) is 5.72. The van der Waals surface area contributed by atoms with Gasteiger partial charge in [-0.2, -0.15) is 0 Å². The van der Waals surface area contributed by atoms with Gasteiger partial charge in [-0.15, -0.1) is 0 Å². The smallest absolute Gasteiger partial charge is 0.324 e. The van der Waals surface area contributed by atoms with Crippen LogP contribution in [-0.4, -0.2) is 21.3 Å². The highest BCUT2D eigenvalue weighted by molar-refractivity contribution is 7.38. The standard InChI is InChI=1S/C15H24O.H3O3P/c1-6-7-10-16-14-9-8-12(2)11-13(14)15(3,4)5;1-4(2)3/h8-9,11H,6-7,10H2,1-5H3;1-3H. The molecule has 116 valence electrons. The van der Waals surface area contributed by atoms with Gasteiger partial charge in [0, 0.05) is 0 Å². The van der Waals surface area contributed by atoms with Crippen LogP contribution in [-0.2, 0) is 5.41 Å². The molecule has 0 radical (unpaired) electrons. The Labute approximate surface area is 123 Å². The molecule has 0 unspecified atom stereocenters. The van der Waals surface area contributed by atoms with E-state index in [1.165, 1.54) is 17.5 Å². The van der Waals surface area contributed by atoms with Gasteiger partial charge >= 0.3 is 8.60 Å². The van der Waals surface area contributed by atoms with Gasteiger partial charge in [-0.1, -0.05) is 51.8 Å². The van der Waals surface area contributed by atoms with Crippen LogP contribution in [0.3, 0.4) is 0 Å². The van der Waals surface area contributed by atoms with Crippen LogP contribution in [0.1, 0.15) is 51.7 Å². The van der Waals surface area contributed by atoms with Crippen molar-refractivity contribution in [3.63, 3.8) is 0 Å². The van der Waals surface area contributed by atoms with E-state index in [1.54, 1.807) is 0 Å². The molecule has 4 nitrogen and oxygen atoms in total. The molecular weight excluding hydrogens is 275 g/mol. The lowest BCUT2D eigenvalue weighted by atomic mass is 9.85. The molecule has 0 heterocycles. The van der Waals surface area contributed by atoms with Gasteiger partial charge in [0.2, 0.25) is 0 Å². The summed E-state index contributed by atoms with van der Waals surface area (Å²) in [7, 11) is -2.62. The summed E-state index contributed by atoms with van der Waals surface area (Å²) in [6.45, 7) is 11.8. The maximum Gasteiger partial charge on any atom is 0.324 e. The molecule has 5 heteroatoms. The summed E-state index contributed by atoms with van der Waals surface area (Å²) in [5, 5.41) is 0. The van der Waals surface area contributed by atoms with E-state index in [1.807, 2.05) is 0 Å². The zero-order valence-corrected chi connectivity index (χ0v) is 13.9. The molecular formula is C15H27O4P. The summed E-state index contributed by atoms with van der Waals surface area (Å²) in [5.41, 5.74) is 2.75. The number of ether oxygens (including phenoxy) is 1. The van der Waals surface area contributed by atoms with Gasteiger partial charge in [-0.05, 0) is 30.4 Å². The molecule has 1 rings (SSSR count). The number of hydrogen-bond acceptors (Lipinski definition) is 4. The Morgan fingerprint density at radius 1 is 1.15 bits per heavy atom. The normalized spacial score (nSPS) is 11.1. The summed E-state index contributed by atoms with van der Waals surface area (Å²) in [6, 6.07) is 6.46. The largest absolute Gasteiger partial charge is 0.493 e. The number of unbranched alkanes of at least 4 members (excludes halogenated alkanes) is 1. The van der Waals surface area contributed by atoms with Gasteiger partial charge < -0.3 is 19.4 Å². The van der Waals surface area contributed by atoms with Crippen LogP contribution >= 0.6 is 8.60 Å². The molecule has 0 aliphatic rings. The molecule has 0 aliphatic heterocycles. The first kappa shape index (κ1) is 19.3. The van der Waals surface area contributed by atoms with Gasteiger partial charge in [0.05, 0.1) is 6.61 Å². The number of aryl methyl sites for hydroxylation is 1. The Bertz CT molecular complexity index is 383.